The summed E-state index contributed by atoms with van der Waals surface area (Å²) in [5, 5.41) is 11.6. The molecule has 1 rings (SSSR count). The van der Waals surface area contributed by atoms with Crippen molar-refractivity contribution < 1.29 is 4.79 Å². The number of benzene rings is 1. The zero-order valence-corrected chi connectivity index (χ0v) is 10.6. The lowest BCUT2D eigenvalue weighted by Gasteiger charge is -2.18. The van der Waals surface area contributed by atoms with Crippen molar-refractivity contribution in [3.8, 4) is 6.07 Å². The molecule has 3 heteroatoms. The molecule has 0 bridgehead atoms. The van der Waals surface area contributed by atoms with E-state index in [9.17, 15) is 4.79 Å². The molecule has 0 spiro atoms. The number of amides is 1. The summed E-state index contributed by atoms with van der Waals surface area (Å²) in [5.74, 6) is -0.119. The Bertz CT molecular complexity index is 438. The largest absolute Gasteiger partial charge is 0.352 e. The molecular formula is C14H18N2O. The van der Waals surface area contributed by atoms with Crippen LogP contribution in [0.4, 0.5) is 0 Å². The predicted octanol–water partition coefficient (Wildman–Crippen LogP) is 2.72. The van der Waals surface area contributed by atoms with E-state index in [1.54, 1.807) is 24.3 Å². The summed E-state index contributed by atoms with van der Waals surface area (Å²) in [7, 11) is 0. The van der Waals surface area contributed by atoms with Crippen LogP contribution in [0.5, 0.6) is 0 Å². The number of carbonyl (C=O) groups is 1. The maximum absolute atomic E-state index is 11.8. The van der Waals surface area contributed by atoms with Crippen LogP contribution in [0.1, 0.15) is 43.1 Å². The molecule has 0 unspecified atom stereocenters. The lowest BCUT2D eigenvalue weighted by molar-refractivity contribution is 0.0949. The van der Waals surface area contributed by atoms with Crippen LogP contribution in [0.2, 0.25) is 0 Å². The van der Waals surface area contributed by atoms with Gasteiger partial charge in [-0.3, -0.25) is 4.79 Å². The van der Waals surface area contributed by atoms with Crippen molar-refractivity contribution in [2.45, 2.75) is 27.2 Å². The van der Waals surface area contributed by atoms with Gasteiger partial charge in [0.25, 0.3) is 5.91 Å². The van der Waals surface area contributed by atoms with E-state index >= 15 is 0 Å². The maximum Gasteiger partial charge on any atom is 0.251 e. The number of hydrogen-bond donors (Lipinski definition) is 1. The van der Waals surface area contributed by atoms with Crippen molar-refractivity contribution in [1.29, 1.82) is 5.26 Å². The number of nitriles is 1. The zero-order valence-electron chi connectivity index (χ0n) is 10.6. The molecule has 1 amide bonds. The summed E-state index contributed by atoms with van der Waals surface area (Å²) in [6.07, 6.45) is 0.927. The quantitative estimate of drug-likeness (QED) is 0.868. The minimum Gasteiger partial charge on any atom is -0.352 e. The average molecular weight is 230 g/mol. The van der Waals surface area contributed by atoms with Gasteiger partial charge in [0.2, 0.25) is 0 Å². The second-order valence-electron chi connectivity index (χ2n) is 5.26. The van der Waals surface area contributed by atoms with Crippen molar-refractivity contribution in [2.75, 3.05) is 6.54 Å². The van der Waals surface area contributed by atoms with E-state index in [0.29, 0.717) is 17.7 Å². The first-order valence-electron chi connectivity index (χ1n) is 5.71. The molecule has 17 heavy (non-hydrogen) atoms. The van der Waals surface area contributed by atoms with Gasteiger partial charge in [0, 0.05) is 12.1 Å². The second kappa shape index (κ2) is 5.49. The fraction of sp³-hybridized carbons (Fsp3) is 0.429. The molecule has 1 aromatic rings. The van der Waals surface area contributed by atoms with Gasteiger partial charge in [0.15, 0.2) is 0 Å². The Hall–Kier alpha value is -1.82. The third-order valence-corrected chi connectivity index (χ3v) is 2.41. The topological polar surface area (TPSA) is 52.9 Å². The molecular weight excluding hydrogens is 212 g/mol. The normalized spacial score (nSPS) is 10.7. The van der Waals surface area contributed by atoms with Gasteiger partial charge in [-0.05, 0) is 30.0 Å². The zero-order chi connectivity index (χ0) is 12.9. The lowest BCUT2D eigenvalue weighted by atomic mass is 9.92. The highest BCUT2D eigenvalue weighted by molar-refractivity contribution is 5.94. The van der Waals surface area contributed by atoms with Crippen molar-refractivity contribution in [2.24, 2.45) is 5.41 Å². The van der Waals surface area contributed by atoms with Crippen LogP contribution < -0.4 is 5.32 Å². The van der Waals surface area contributed by atoms with E-state index in [4.69, 9.17) is 5.26 Å². The molecule has 1 N–H and O–H groups in total. The molecule has 0 aliphatic heterocycles. The van der Waals surface area contributed by atoms with Gasteiger partial charge in [-0.15, -0.1) is 0 Å². The highest BCUT2D eigenvalue weighted by atomic mass is 16.1. The molecule has 0 saturated heterocycles. The van der Waals surface area contributed by atoms with E-state index in [0.717, 1.165) is 6.42 Å². The van der Waals surface area contributed by atoms with Gasteiger partial charge < -0.3 is 5.32 Å². The van der Waals surface area contributed by atoms with Crippen molar-refractivity contribution >= 4 is 5.91 Å². The van der Waals surface area contributed by atoms with Crippen molar-refractivity contribution in [1.82, 2.24) is 5.32 Å². The van der Waals surface area contributed by atoms with E-state index in [-0.39, 0.29) is 11.3 Å². The Balaban J connectivity index is 2.56. The number of nitrogens with zero attached hydrogens (tertiary/aromatic N) is 1. The monoisotopic (exact) mass is 230 g/mol. The first-order chi connectivity index (χ1) is 7.92. The molecule has 0 aliphatic carbocycles. The molecule has 0 atom stereocenters. The third kappa shape index (κ3) is 4.69. The smallest absolute Gasteiger partial charge is 0.251 e. The van der Waals surface area contributed by atoms with Crippen LogP contribution in [0, 0.1) is 16.7 Å². The summed E-state index contributed by atoms with van der Waals surface area (Å²) in [4.78, 5) is 11.8. The molecule has 0 heterocycles. The minimum absolute atomic E-state index is 0.119. The molecule has 0 saturated carbocycles. The van der Waals surface area contributed by atoms with Crippen molar-refractivity contribution in [3.63, 3.8) is 0 Å². The van der Waals surface area contributed by atoms with Crippen LogP contribution in [-0.2, 0) is 0 Å². The van der Waals surface area contributed by atoms with Crippen LogP contribution in [0.3, 0.4) is 0 Å². The Morgan fingerprint density at radius 3 is 2.71 bits per heavy atom. The standard InChI is InChI=1S/C14H18N2O/c1-14(2,3)7-8-16-13(17)12-6-4-5-11(9-12)10-15/h4-6,9H,7-8H2,1-3H3,(H,16,17). The van der Waals surface area contributed by atoms with Gasteiger partial charge in [-0.25, -0.2) is 0 Å². The molecule has 1 aromatic carbocycles. The Kier molecular flexibility index (Phi) is 4.28. The van der Waals surface area contributed by atoms with E-state index in [1.807, 2.05) is 6.07 Å². The Labute approximate surface area is 102 Å². The number of rotatable bonds is 3. The van der Waals surface area contributed by atoms with Gasteiger partial charge in [0.05, 0.1) is 11.6 Å². The number of nitrogens with one attached hydrogen (secondary N) is 1. The molecule has 0 aliphatic rings. The fourth-order valence-corrected chi connectivity index (χ4v) is 1.38. The van der Waals surface area contributed by atoms with Gasteiger partial charge in [-0.2, -0.15) is 5.26 Å². The lowest BCUT2D eigenvalue weighted by Crippen LogP contribution is -2.27. The molecule has 0 radical (unpaired) electrons. The Morgan fingerprint density at radius 1 is 1.41 bits per heavy atom. The predicted molar refractivity (Wildman–Crippen MR) is 67.6 cm³/mol. The van der Waals surface area contributed by atoms with Crippen molar-refractivity contribution in [3.05, 3.63) is 35.4 Å². The average Bonchev–Trinajstić information content (AvgIpc) is 2.27. The van der Waals surface area contributed by atoms with Gasteiger partial charge in [0.1, 0.15) is 0 Å². The summed E-state index contributed by atoms with van der Waals surface area (Å²) in [6, 6.07) is 8.75. The SMILES string of the molecule is CC(C)(C)CCNC(=O)c1cccc(C#N)c1. The van der Waals surface area contributed by atoms with Gasteiger partial charge in [-0.1, -0.05) is 26.8 Å². The molecule has 0 aromatic heterocycles. The highest BCUT2D eigenvalue weighted by Gasteiger charge is 2.11. The number of carbonyl (C=O) groups excluding carboxylic acids is 1. The van der Waals surface area contributed by atoms with Crippen LogP contribution >= 0.6 is 0 Å². The fourth-order valence-electron chi connectivity index (χ4n) is 1.38. The maximum atomic E-state index is 11.8. The van der Waals surface area contributed by atoms with E-state index in [1.165, 1.54) is 0 Å². The second-order valence-corrected chi connectivity index (χ2v) is 5.26. The number of hydrogen-bond acceptors (Lipinski definition) is 2. The van der Waals surface area contributed by atoms with Crippen LogP contribution in [0.25, 0.3) is 0 Å². The summed E-state index contributed by atoms with van der Waals surface area (Å²) in [6.45, 7) is 7.06. The van der Waals surface area contributed by atoms with Crippen LogP contribution in [0.15, 0.2) is 24.3 Å². The summed E-state index contributed by atoms with van der Waals surface area (Å²) < 4.78 is 0. The summed E-state index contributed by atoms with van der Waals surface area (Å²) in [5.41, 5.74) is 1.26. The van der Waals surface area contributed by atoms with E-state index in [2.05, 4.69) is 26.1 Å². The summed E-state index contributed by atoms with van der Waals surface area (Å²) >= 11 is 0. The molecule has 90 valence electrons. The minimum atomic E-state index is -0.119. The van der Waals surface area contributed by atoms with Crippen LogP contribution in [-0.4, -0.2) is 12.5 Å². The molecule has 3 nitrogen and oxygen atoms in total. The van der Waals surface area contributed by atoms with Gasteiger partial charge >= 0.3 is 0 Å². The Morgan fingerprint density at radius 2 is 2.12 bits per heavy atom. The first-order valence-corrected chi connectivity index (χ1v) is 5.71. The molecule has 0 fully saturated rings. The first kappa shape index (κ1) is 13.2. The van der Waals surface area contributed by atoms with E-state index < -0.39 is 0 Å². The highest BCUT2D eigenvalue weighted by Crippen LogP contribution is 2.17. The third-order valence-electron chi connectivity index (χ3n) is 2.41.